The van der Waals surface area contributed by atoms with Crippen LogP contribution in [0.1, 0.15) is 54.5 Å². The van der Waals surface area contributed by atoms with Gasteiger partial charge < -0.3 is 10.1 Å². The van der Waals surface area contributed by atoms with Crippen molar-refractivity contribution in [1.29, 1.82) is 5.26 Å². The quantitative estimate of drug-likeness (QED) is 0.407. The van der Waals surface area contributed by atoms with Gasteiger partial charge >= 0.3 is 0 Å². The zero-order valence-electron chi connectivity index (χ0n) is 19.4. The number of nitrogens with one attached hydrogen (secondary N) is 1. The number of rotatable bonds is 4. The zero-order valence-corrected chi connectivity index (χ0v) is 19.4. The molecule has 2 aliphatic rings. The van der Waals surface area contributed by atoms with Crippen molar-refractivity contribution in [3.63, 3.8) is 0 Å². The molecule has 0 spiro atoms. The van der Waals surface area contributed by atoms with Gasteiger partial charge in [0.15, 0.2) is 6.23 Å². The minimum atomic E-state index is -0.128. The fourth-order valence-corrected chi connectivity index (χ4v) is 5.36. The van der Waals surface area contributed by atoms with Crippen LogP contribution in [0, 0.1) is 11.3 Å². The molecule has 1 aromatic heterocycles. The van der Waals surface area contributed by atoms with Crippen molar-refractivity contribution in [1.82, 2.24) is 9.78 Å². The summed E-state index contributed by atoms with van der Waals surface area (Å²) >= 11 is 0. The number of fused-ring (bicyclic) bond motifs is 2. The van der Waals surface area contributed by atoms with E-state index in [1.165, 1.54) is 5.56 Å². The van der Waals surface area contributed by atoms with Crippen LogP contribution in [0.25, 0.3) is 22.2 Å². The lowest BCUT2D eigenvalue weighted by molar-refractivity contribution is -0.117. The monoisotopic (exact) mass is 462 g/mol. The van der Waals surface area contributed by atoms with Gasteiger partial charge in [-0.2, -0.15) is 10.4 Å². The lowest BCUT2D eigenvalue weighted by atomic mass is 10.00. The first-order valence-corrected chi connectivity index (χ1v) is 12.2. The average molecular weight is 463 g/mol. The van der Waals surface area contributed by atoms with Crippen molar-refractivity contribution in [2.45, 2.75) is 44.2 Å². The Morgan fingerprint density at radius 2 is 1.97 bits per heavy atom. The van der Waals surface area contributed by atoms with E-state index >= 15 is 0 Å². The fourth-order valence-electron chi connectivity index (χ4n) is 5.36. The van der Waals surface area contributed by atoms with E-state index in [4.69, 9.17) is 9.84 Å². The minimum absolute atomic E-state index is 0.0184. The van der Waals surface area contributed by atoms with Crippen LogP contribution in [-0.2, 0) is 16.0 Å². The van der Waals surface area contributed by atoms with E-state index in [9.17, 15) is 10.1 Å². The van der Waals surface area contributed by atoms with E-state index < -0.39 is 0 Å². The molecule has 0 saturated carbocycles. The number of nitriles is 1. The highest BCUT2D eigenvalue weighted by Gasteiger charge is 2.28. The predicted molar refractivity (Wildman–Crippen MR) is 135 cm³/mol. The number of benzene rings is 3. The van der Waals surface area contributed by atoms with E-state index in [-0.39, 0.29) is 18.1 Å². The standard InChI is InChI=1S/C29H26N4O2/c30-18-19-11-14-26-25(16-19)28(32-33(26)27-10-3-4-15-35-27)21-7-5-8-22(17-21)31-29(34)24-13-12-20-6-1-2-9-23(20)24/h1-2,5-9,11,14,16-17,24,27H,3-4,10,12-13,15H2,(H,31,34). The van der Waals surface area contributed by atoms with Crippen LogP contribution in [-0.4, -0.2) is 22.3 Å². The molecule has 174 valence electrons. The molecule has 1 fully saturated rings. The van der Waals surface area contributed by atoms with Gasteiger partial charge in [-0.15, -0.1) is 0 Å². The molecule has 2 heterocycles. The van der Waals surface area contributed by atoms with Gasteiger partial charge in [0, 0.05) is 23.2 Å². The van der Waals surface area contributed by atoms with Crippen molar-refractivity contribution in [3.8, 4) is 17.3 Å². The van der Waals surface area contributed by atoms with Crippen LogP contribution in [0.4, 0.5) is 5.69 Å². The van der Waals surface area contributed by atoms with Crippen molar-refractivity contribution < 1.29 is 9.53 Å². The van der Waals surface area contributed by atoms with E-state index in [1.54, 1.807) is 0 Å². The highest BCUT2D eigenvalue weighted by atomic mass is 16.5. The molecule has 35 heavy (non-hydrogen) atoms. The van der Waals surface area contributed by atoms with Crippen LogP contribution in [0.15, 0.2) is 66.7 Å². The smallest absolute Gasteiger partial charge is 0.231 e. The second kappa shape index (κ2) is 9.01. The van der Waals surface area contributed by atoms with E-state index in [0.29, 0.717) is 5.56 Å². The molecule has 6 rings (SSSR count). The maximum Gasteiger partial charge on any atom is 0.231 e. The highest BCUT2D eigenvalue weighted by molar-refractivity contribution is 5.98. The van der Waals surface area contributed by atoms with Gasteiger partial charge in [0.2, 0.25) is 5.91 Å². The summed E-state index contributed by atoms with van der Waals surface area (Å²) in [6.07, 6.45) is 4.73. The Hall–Kier alpha value is -3.95. The number of hydrogen-bond donors (Lipinski definition) is 1. The Labute approximate surface area is 204 Å². The lowest BCUT2D eigenvalue weighted by Crippen LogP contribution is -2.19. The summed E-state index contributed by atoms with van der Waals surface area (Å²) in [4.78, 5) is 13.1. The number of hydrogen-bond acceptors (Lipinski definition) is 4. The molecule has 1 aliphatic carbocycles. The van der Waals surface area contributed by atoms with E-state index in [2.05, 4.69) is 23.5 Å². The number of aryl methyl sites for hydroxylation is 1. The van der Waals surface area contributed by atoms with Crippen molar-refractivity contribution in [2.75, 3.05) is 11.9 Å². The Balaban J connectivity index is 1.34. The van der Waals surface area contributed by atoms with Crippen LogP contribution >= 0.6 is 0 Å². The molecule has 6 nitrogen and oxygen atoms in total. The zero-order chi connectivity index (χ0) is 23.8. The van der Waals surface area contributed by atoms with Gasteiger partial charge in [0.25, 0.3) is 0 Å². The number of carbonyl (C=O) groups is 1. The maximum atomic E-state index is 13.1. The maximum absolute atomic E-state index is 13.1. The van der Waals surface area contributed by atoms with E-state index in [1.807, 2.05) is 59.3 Å². The van der Waals surface area contributed by atoms with Gasteiger partial charge in [-0.05, 0) is 73.6 Å². The molecule has 1 amide bonds. The SMILES string of the molecule is N#Cc1ccc2c(c1)c(-c1cccc(NC(=O)C3CCc4ccccc43)c1)nn2C1CCCCO1. The third kappa shape index (κ3) is 3.98. The van der Waals surface area contributed by atoms with Gasteiger partial charge in [-0.3, -0.25) is 4.79 Å². The number of anilines is 1. The number of nitrogens with zero attached hydrogens (tertiary/aromatic N) is 3. The van der Waals surface area contributed by atoms with Crippen LogP contribution in [0.3, 0.4) is 0 Å². The molecule has 1 aliphatic heterocycles. The number of amides is 1. The highest BCUT2D eigenvalue weighted by Crippen LogP contribution is 2.36. The predicted octanol–water partition coefficient (Wildman–Crippen LogP) is 5.94. The molecule has 1 N–H and O–H groups in total. The first-order valence-electron chi connectivity index (χ1n) is 12.2. The Morgan fingerprint density at radius 1 is 1.06 bits per heavy atom. The van der Waals surface area contributed by atoms with Gasteiger partial charge in [-0.1, -0.05) is 36.4 Å². The summed E-state index contributed by atoms with van der Waals surface area (Å²) in [5.41, 5.74) is 6.34. The van der Waals surface area contributed by atoms with Crippen molar-refractivity contribution in [3.05, 3.63) is 83.4 Å². The lowest BCUT2D eigenvalue weighted by Gasteiger charge is -2.23. The normalized spacial score (nSPS) is 19.3. The number of ether oxygens (including phenoxy) is 1. The first kappa shape index (κ1) is 21.6. The number of carbonyl (C=O) groups excluding carboxylic acids is 1. The van der Waals surface area contributed by atoms with Crippen LogP contribution in [0.2, 0.25) is 0 Å². The molecule has 1 saturated heterocycles. The molecule has 2 atom stereocenters. The van der Waals surface area contributed by atoms with Crippen LogP contribution in [0.5, 0.6) is 0 Å². The Bertz CT molecular complexity index is 1460. The summed E-state index contributed by atoms with van der Waals surface area (Å²) in [5.74, 6) is -0.110. The Morgan fingerprint density at radius 3 is 2.83 bits per heavy atom. The number of aromatic nitrogens is 2. The Kier molecular flexibility index (Phi) is 5.55. The molecular weight excluding hydrogens is 436 g/mol. The topological polar surface area (TPSA) is 79.9 Å². The minimum Gasteiger partial charge on any atom is -0.356 e. The average Bonchev–Trinajstić information content (AvgIpc) is 3.51. The van der Waals surface area contributed by atoms with E-state index in [0.717, 1.165) is 72.1 Å². The largest absolute Gasteiger partial charge is 0.356 e. The summed E-state index contributed by atoms with van der Waals surface area (Å²) in [6.45, 7) is 0.726. The second-order valence-corrected chi connectivity index (χ2v) is 9.32. The second-order valence-electron chi connectivity index (χ2n) is 9.32. The molecule has 6 heteroatoms. The molecular formula is C29H26N4O2. The van der Waals surface area contributed by atoms with Crippen molar-refractivity contribution in [2.24, 2.45) is 0 Å². The van der Waals surface area contributed by atoms with Gasteiger partial charge in [0.1, 0.15) is 5.69 Å². The van der Waals surface area contributed by atoms with Crippen molar-refractivity contribution >= 4 is 22.5 Å². The summed E-state index contributed by atoms with van der Waals surface area (Å²) in [5, 5.41) is 18.5. The molecule has 3 aromatic carbocycles. The van der Waals surface area contributed by atoms with Crippen LogP contribution < -0.4 is 5.32 Å². The van der Waals surface area contributed by atoms with Gasteiger partial charge in [-0.25, -0.2) is 4.68 Å². The molecule has 0 radical (unpaired) electrons. The summed E-state index contributed by atoms with van der Waals surface area (Å²) < 4.78 is 7.97. The summed E-state index contributed by atoms with van der Waals surface area (Å²) in [6, 6.07) is 23.9. The first-order chi connectivity index (χ1) is 17.2. The third-order valence-electron chi connectivity index (χ3n) is 7.12. The molecule has 4 aromatic rings. The molecule has 2 unspecified atom stereocenters. The third-order valence-corrected chi connectivity index (χ3v) is 7.12. The summed E-state index contributed by atoms with van der Waals surface area (Å²) in [7, 11) is 0. The fraction of sp³-hybridized carbons (Fsp3) is 0.276. The molecule has 0 bridgehead atoms. The van der Waals surface area contributed by atoms with Gasteiger partial charge in [0.05, 0.1) is 23.1 Å².